The third-order valence-electron chi connectivity index (χ3n) is 2.07. The third-order valence-corrected chi connectivity index (χ3v) is 2.42. The van der Waals surface area contributed by atoms with E-state index < -0.39 is 0 Å². The van der Waals surface area contributed by atoms with Crippen LogP contribution in [-0.2, 0) is 4.84 Å². The first-order valence-corrected chi connectivity index (χ1v) is 5.85. The summed E-state index contributed by atoms with van der Waals surface area (Å²) in [5.74, 6) is 0.358. The second-order valence-corrected chi connectivity index (χ2v) is 3.82. The van der Waals surface area contributed by atoms with Gasteiger partial charge in [-0.15, -0.1) is 16.8 Å². The van der Waals surface area contributed by atoms with Gasteiger partial charge in [0.2, 0.25) is 5.28 Å². The number of aliphatic hydroxyl groups excluding tert-OH is 1. The van der Waals surface area contributed by atoms with Crippen molar-refractivity contribution in [2.45, 2.75) is 18.9 Å². The molecule has 7 heteroatoms. The highest BCUT2D eigenvalue weighted by Gasteiger charge is 2.30. The van der Waals surface area contributed by atoms with Gasteiger partial charge in [-0.3, -0.25) is 0 Å². The third kappa shape index (κ3) is 2.91. The second-order valence-electron chi connectivity index (χ2n) is 3.01. The van der Waals surface area contributed by atoms with Gasteiger partial charge in [0.15, 0.2) is 5.94 Å². The van der Waals surface area contributed by atoms with E-state index in [9.17, 15) is 5.21 Å². The highest BCUT2D eigenvalue weighted by molar-refractivity contribution is 7.98. The number of thioether (sulfide) groups is 1. The van der Waals surface area contributed by atoms with E-state index in [0.29, 0.717) is 17.5 Å². The van der Waals surface area contributed by atoms with Gasteiger partial charge in [0, 0.05) is 0 Å². The minimum atomic E-state index is -0.117. The molecule has 1 aliphatic heterocycles. The molecule has 0 amide bonds. The first kappa shape index (κ1) is 11.4. The zero-order valence-electron chi connectivity index (χ0n) is 8.13. The van der Waals surface area contributed by atoms with Crippen molar-refractivity contribution < 1.29 is 14.9 Å². The van der Waals surface area contributed by atoms with E-state index in [1.807, 2.05) is 6.26 Å². The van der Waals surface area contributed by atoms with Gasteiger partial charge >= 0.3 is 0 Å². The Morgan fingerprint density at radius 2 is 2.57 bits per heavy atom. The fourth-order valence-corrected chi connectivity index (χ4v) is 1.56. The Labute approximate surface area is 87.0 Å². The van der Waals surface area contributed by atoms with Crippen LogP contribution in [0.5, 0.6) is 0 Å². The van der Waals surface area contributed by atoms with Crippen LogP contribution in [-0.4, -0.2) is 46.5 Å². The van der Waals surface area contributed by atoms with Gasteiger partial charge in [0.1, 0.15) is 6.04 Å². The molecule has 0 spiro atoms. The molecule has 6 nitrogen and oxygen atoms in total. The van der Waals surface area contributed by atoms with Crippen LogP contribution < -0.4 is 0 Å². The van der Waals surface area contributed by atoms with Gasteiger partial charge in [-0.05, 0) is 19.1 Å². The van der Waals surface area contributed by atoms with Crippen molar-refractivity contribution in [1.82, 2.24) is 5.01 Å². The summed E-state index contributed by atoms with van der Waals surface area (Å²) in [7, 11) is 0. The Hall–Kier alpha value is -0.690. The molecule has 0 bridgehead atoms. The Bertz CT molecular complexity index is 203. The Kier molecular flexibility index (Phi) is 4.81. The van der Waals surface area contributed by atoms with Crippen molar-refractivity contribution in [2.75, 3.05) is 25.3 Å². The van der Waals surface area contributed by atoms with Crippen molar-refractivity contribution in [2.24, 2.45) is 5.28 Å². The Morgan fingerprint density at radius 3 is 3.21 bits per heavy atom. The maximum atomic E-state index is 11.3. The lowest BCUT2D eigenvalue weighted by Crippen LogP contribution is -2.37. The number of rotatable bonds is 5. The fourth-order valence-electron chi connectivity index (χ4n) is 1.40. The van der Waals surface area contributed by atoms with E-state index in [4.69, 9.17) is 9.94 Å². The van der Waals surface area contributed by atoms with Crippen LogP contribution in [0.3, 0.4) is 0 Å². The monoisotopic (exact) mass is 221 g/mol. The van der Waals surface area contributed by atoms with Crippen LogP contribution in [0.25, 0.3) is 0 Å². The van der Waals surface area contributed by atoms with Crippen molar-refractivity contribution in [3.63, 3.8) is 0 Å². The molecule has 1 rings (SSSR count). The molecule has 82 valence electrons. The summed E-state index contributed by atoms with van der Waals surface area (Å²) in [6.07, 6.45) is 3.59. The summed E-state index contributed by atoms with van der Waals surface area (Å²) in [4.78, 5) is 5.16. The Morgan fingerprint density at radius 1 is 1.79 bits per heavy atom. The van der Waals surface area contributed by atoms with Crippen molar-refractivity contribution in [3.05, 3.63) is 5.21 Å². The minimum absolute atomic E-state index is 0.0171. The first-order chi connectivity index (χ1) is 6.79. The van der Waals surface area contributed by atoms with E-state index in [2.05, 4.69) is 5.28 Å². The highest BCUT2D eigenvalue weighted by Crippen LogP contribution is 2.16. The lowest BCUT2D eigenvalue weighted by molar-refractivity contribution is -0.714. The summed E-state index contributed by atoms with van der Waals surface area (Å²) in [5.41, 5.74) is 0. The van der Waals surface area contributed by atoms with Crippen LogP contribution in [0.1, 0.15) is 12.8 Å². The zero-order chi connectivity index (χ0) is 10.4. The molecule has 0 aliphatic carbocycles. The average molecular weight is 221 g/mol. The predicted molar refractivity (Wildman–Crippen MR) is 52.3 cm³/mol. The topological polar surface area (TPSA) is 71.1 Å². The lowest BCUT2D eigenvalue weighted by atomic mass is 10.2. The van der Waals surface area contributed by atoms with Gasteiger partial charge < -0.3 is 15.2 Å². The van der Waals surface area contributed by atoms with Crippen LogP contribution >= 0.6 is 11.8 Å². The lowest BCUT2D eigenvalue weighted by Gasteiger charge is -2.17. The summed E-state index contributed by atoms with van der Waals surface area (Å²) in [6.45, 7) is 0.609. The largest absolute Gasteiger partial charge is 0.569 e. The van der Waals surface area contributed by atoms with Crippen molar-refractivity contribution in [3.8, 4) is 0 Å². The van der Waals surface area contributed by atoms with Gasteiger partial charge in [-0.1, -0.05) is 0 Å². The van der Waals surface area contributed by atoms with Crippen molar-refractivity contribution >= 4 is 11.8 Å². The van der Waals surface area contributed by atoms with E-state index in [1.54, 1.807) is 0 Å². The molecule has 0 saturated carbocycles. The highest BCUT2D eigenvalue weighted by atomic mass is 32.2. The van der Waals surface area contributed by atoms with Crippen LogP contribution in [0.4, 0.5) is 0 Å². The smallest absolute Gasteiger partial charge is 0.234 e. The van der Waals surface area contributed by atoms with Crippen LogP contribution in [0.2, 0.25) is 0 Å². The molecule has 1 saturated heterocycles. The molecule has 0 radical (unpaired) electrons. The molecule has 0 aromatic rings. The maximum absolute atomic E-state index is 11.3. The van der Waals surface area contributed by atoms with Gasteiger partial charge in [-0.25, -0.2) is 0 Å². The summed E-state index contributed by atoms with van der Waals surface area (Å²) in [5, 5.41) is 25.1. The number of hydrogen-bond acceptors (Lipinski definition) is 5. The average Bonchev–Trinajstić information content (AvgIpc) is 2.65. The molecular formula is C7H15N3O3S. The normalized spacial score (nSPS) is 22.9. The van der Waals surface area contributed by atoms with E-state index in [1.165, 1.54) is 16.8 Å². The van der Waals surface area contributed by atoms with Gasteiger partial charge in [-0.2, -0.15) is 0 Å². The van der Waals surface area contributed by atoms with E-state index >= 15 is 0 Å². The zero-order valence-corrected chi connectivity index (χ0v) is 8.94. The molecule has 14 heavy (non-hydrogen) atoms. The quantitative estimate of drug-likeness (QED) is 0.242. The molecule has 1 heterocycles. The number of aliphatic hydroxyl groups is 1. The van der Waals surface area contributed by atoms with Crippen LogP contribution in [0.15, 0.2) is 5.28 Å². The molecule has 1 atom stereocenters. The van der Waals surface area contributed by atoms with E-state index in [-0.39, 0.29) is 12.6 Å². The minimum Gasteiger partial charge on any atom is -0.569 e. The van der Waals surface area contributed by atoms with Gasteiger partial charge in [0.25, 0.3) is 0 Å². The second kappa shape index (κ2) is 5.92. The Balaban J connectivity index is 2.41. The summed E-state index contributed by atoms with van der Waals surface area (Å²) in [6, 6.07) is -0.117. The molecule has 1 aliphatic rings. The first-order valence-electron chi connectivity index (χ1n) is 4.46. The molecule has 1 N–H and O–H groups in total. The SMILES string of the molecule is CSCO/N=[N+](\[O-])N1CCCC1CO. The van der Waals surface area contributed by atoms with Crippen LogP contribution in [0, 0.1) is 5.21 Å². The molecule has 1 unspecified atom stereocenters. The number of hydrogen-bond donors (Lipinski definition) is 1. The standard InChI is InChI=1S/C7H15N3O3S/c1-14-6-13-8-10(12)9-4-2-3-7(9)5-11/h7,11H,2-6H2,1H3/b10-8-. The molecule has 1 fully saturated rings. The maximum Gasteiger partial charge on any atom is 0.234 e. The van der Waals surface area contributed by atoms with E-state index in [0.717, 1.165) is 12.8 Å². The summed E-state index contributed by atoms with van der Waals surface area (Å²) < 4.78 is 0. The predicted octanol–water partition coefficient (Wildman–Crippen LogP) is 0.573. The molecule has 0 aromatic carbocycles. The molecular weight excluding hydrogens is 206 g/mol. The fraction of sp³-hybridized carbons (Fsp3) is 1.00. The summed E-state index contributed by atoms with van der Waals surface area (Å²) >= 11 is 1.44. The number of hydrazine groups is 1. The molecule has 0 aromatic heterocycles. The van der Waals surface area contributed by atoms with Crippen molar-refractivity contribution in [1.29, 1.82) is 0 Å². The van der Waals surface area contributed by atoms with Gasteiger partial charge in [0.05, 0.1) is 18.1 Å². The number of nitrogens with zero attached hydrogens (tertiary/aromatic N) is 3.